The van der Waals surface area contributed by atoms with Crippen LogP contribution in [0.2, 0.25) is 0 Å². The number of hydrogen-bond acceptors (Lipinski definition) is 9. The number of carbonyl (C=O) groups excluding carboxylic acids is 3. The maximum Gasteiger partial charge on any atom is 0.350 e. The number of fused-ring (bicyclic) bond motifs is 1. The van der Waals surface area contributed by atoms with E-state index >= 15 is 0 Å². The van der Waals surface area contributed by atoms with Gasteiger partial charge >= 0.3 is 5.97 Å². The Kier molecular flexibility index (Phi) is 7.35. The van der Waals surface area contributed by atoms with Crippen LogP contribution in [0.25, 0.3) is 11.0 Å². The molecule has 0 fully saturated rings. The number of benzene rings is 3. The van der Waals surface area contributed by atoms with Gasteiger partial charge in [0, 0.05) is 5.39 Å². The van der Waals surface area contributed by atoms with E-state index in [0.29, 0.717) is 33.7 Å². The Bertz CT molecular complexity index is 1890. The molecule has 5 aromatic rings. The van der Waals surface area contributed by atoms with Gasteiger partial charge in [0.05, 0.1) is 17.3 Å². The highest BCUT2D eigenvalue weighted by atomic mass is 32.1. The van der Waals surface area contributed by atoms with Crippen LogP contribution in [-0.2, 0) is 9.53 Å². The quantitative estimate of drug-likeness (QED) is 0.109. The van der Waals surface area contributed by atoms with Crippen molar-refractivity contribution in [1.29, 1.82) is 0 Å². The number of nitrogens with zero attached hydrogens (tertiary/aromatic N) is 2. The molecule has 1 aliphatic rings. The molecule has 3 aromatic carbocycles. The minimum absolute atomic E-state index is 0.00345. The number of amides is 1. The number of Topliss-reactive ketones (excluding diaryl/α,β-unsaturated/α-hetero) is 1. The van der Waals surface area contributed by atoms with Crippen LogP contribution < -0.4 is 9.64 Å². The van der Waals surface area contributed by atoms with Gasteiger partial charge in [-0.15, -0.1) is 0 Å². The summed E-state index contributed by atoms with van der Waals surface area (Å²) in [6, 6.07) is 23.6. The van der Waals surface area contributed by atoms with Gasteiger partial charge in [-0.2, -0.15) is 0 Å². The Morgan fingerprint density at radius 3 is 2.56 bits per heavy atom. The Morgan fingerprint density at radius 2 is 1.79 bits per heavy atom. The molecular weight excluding hydrogens is 568 g/mol. The summed E-state index contributed by atoms with van der Waals surface area (Å²) in [5.74, 6) is -1.88. The van der Waals surface area contributed by atoms with Crippen LogP contribution in [0.3, 0.4) is 0 Å². The van der Waals surface area contributed by atoms with Gasteiger partial charge in [-0.3, -0.25) is 14.5 Å². The van der Waals surface area contributed by atoms with Crippen molar-refractivity contribution in [3.8, 4) is 11.5 Å². The number of rotatable bonds is 9. The zero-order valence-corrected chi connectivity index (χ0v) is 23.7. The van der Waals surface area contributed by atoms with Gasteiger partial charge in [-0.1, -0.05) is 72.5 Å². The summed E-state index contributed by atoms with van der Waals surface area (Å²) in [5.41, 5.74) is 1.09. The van der Waals surface area contributed by atoms with Crippen LogP contribution in [0.4, 0.5) is 5.13 Å². The lowest BCUT2D eigenvalue weighted by Gasteiger charge is -2.24. The molecule has 0 aliphatic carbocycles. The second-order valence-corrected chi connectivity index (χ2v) is 10.6. The van der Waals surface area contributed by atoms with Crippen molar-refractivity contribution in [3.05, 3.63) is 131 Å². The Hall–Kier alpha value is -5.48. The van der Waals surface area contributed by atoms with Gasteiger partial charge in [-0.25, -0.2) is 9.78 Å². The van der Waals surface area contributed by atoms with Crippen molar-refractivity contribution in [3.63, 3.8) is 0 Å². The number of hydrogen-bond donors (Lipinski definition) is 1. The summed E-state index contributed by atoms with van der Waals surface area (Å²) in [4.78, 5) is 46.2. The molecule has 0 radical (unpaired) electrons. The fourth-order valence-corrected chi connectivity index (χ4v) is 5.81. The highest BCUT2D eigenvalue weighted by Crippen LogP contribution is 2.45. The number of aliphatic hydroxyl groups excluding tert-OH is 1. The van der Waals surface area contributed by atoms with Crippen molar-refractivity contribution in [2.24, 2.45) is 0 Å². The SMILES string of the molecule is C=CCOC(=O)c1sc(N2C(=O)C(O)=C(C(=O)c3cc4ccccc4o3)C2c2cccc(Oc3ccccc3)c2)nc1C. The highest BCUT2D eigenvalue weighted by molar-refractivity contribution is 7.17. The van der Waals surface area contributed by atoms with Gasteiger partial charge < -0.3 is 19.0 Å². The third kappa shape index (κ3) is 5.20. The number of aryl methyl sites for hydroxylation is 1. The largest absolute Gasteiger partial charge is 0.503 e. The molecule has 0 saturated carbocycles. The molecule has 1 N–H and O–H groups in total. The normalized spacial score (nSPS) is 14.8. The first-order chi connectivity index (χ1) is 20.9. The number of ketones is 1. The Morgan fingerprint density at radius 1 is 1.05 bits per heavy atom. The van der Waals surface area contributed by atoms with Crippen molar-refractivity contribution >= 4 is 45.1 Å². The van der Waals surface area contributed by atoms with E-state index < -0.39 is 29.5 Å². The number of ether oxygens (including phenoxy) is 2. The molecule has 6 rings (SSSR count). The lowest BCUT2D eigenvalue weighted by atomic mass is 9.95. The molecule has 1 atom stereocenters. The van der Waals surface area contributed by atoms with Crippen molar-refractivity contribution in [1.82, 2.24) is 4.98 Å². The second kappa shape index (κ2) is 11.4. The fraction of sp³-hybridized carbons (Fsp3) is 0.0909. The standard InChI is InChI=1S/C33H24N2O7S/c1-3-16-40-32(39)30-19(2)34-33(43-30)35-27(21-11-9-14-23(17-21)41-22-12-5-4-6-13-22)26(29(37)31(35)38)28(36)25-18-20-10-7-8-15-24(20)42-25/h3-15,17-18,27,37H,1,16H2,2H3. The third-order valence-corrected chi connectivity index (χ3v) is 7.90. The molecule has 1 aliphatic heterocycles. The highest BCUT2D eigenvalue weighted by Gasteiger charge is 2.47. The van der Waals surface area contributed by atoms with Crippen LogP contribution in [-0.4, -0.2) is 34.4 Å². The number of thiazole rings is 1. The number of esters is 1. The summed E-state index contributed by atoms with van der Waals surface area (Å²) in [6.07, 6.45) is 1.44. The van der Waals surface area contributed by atoms with E-state index in [1.54, 1.807) is 67.6 Å². The number of carbonyl (C=O) groups is 3. The van der Waals surface area contributed by atoms with E-state index in [1.165, 1.54) is 11.0 Å². The monoisotopic (exact) mass is 592 g/mol. The lowest BCUT2D eigenvalue weighted by Crippen LogP contribution is -2.31. The zero-order chi connectivity index (χ0) is 30.1. The average molecular weight is 593 g/mol. The predicted molar refractivity (Wildman–Crippen MR) is 161 cm³/mol. The molecule has 10 heteroatoms. The van der Waals surface area contributed by atoms with Crippen molar-refractivity contribution in [2.75, 3.05) is 11.5 Å². The number of aromatic nitrogens is 1. The average Bonchev–Trinajstić information content (AvgIpc) is 3.70. The van der Waals surface area contributed by atoms with Gasteiger partial charge in [0.1, 0.15) is 28.6 Å². The first kappa shape index (κ1) is 27.7. The number of para-hydroxylation sites is 2. The van der Waals surface area contributed by atoms with Crippen LogP contribution in [0.5, 0.6) is 11.5 Å². The first-order valence-corrected chi connectivity index (χ1v) is 14.1. The van der Waals surface area contributed by atoms with Gasteiger partial charge in [0.2, 0.25) is 5.78 Å². The minimum atomic E-state index is -1.12. The molecule has 0 spiro atoms. The summed E-state index contributed by atoms with van der Waals surface area (Å²) < 4.78 is 17.0. The van der Waals surface area contributed by atoms with E-state index in [4.69, 9.17) is 13.9 Å². The van der Waals surface area contributed by atoms with Crippen LogP contribution in [0.1, 0.15) is 37.5 Å². The molecule has 43 heavy (non-hydrogen) atoms. The molecule has 3 heterocycles. The molecule has 2 aromatic heterocycles. The predicted octanol–water partition coefficient (Wildman–Crippen LogP) is 7.12. The third-order valence-electron chi connectivity index (χ3n) is 6.76. The van der Waals surface area contributed by atoms with Crippen LogP contribution in [0, 0.1) is 6.92 Å². The molecule has 9 nitrogen and oxygen atoms in total. The molecule has 0 saturated heterocycles. The number of aliphatic hydroxyl groups is 1. The molecule has 1 amide bonds. The smallest absolute Gasteiger partial charge is 0.350 e. The van der Waals surface area contributed by atoms with E-state index in [2.05, 4.69) is 11.6 Å². The van der Waals surface area contributed by atoms with Crippen LogP contribution in [0.15, 0.2) is 113 Å². The van der Waals surface area contributed by atoms with Crippen molar-refractivity contribution < 1.29 is 33.4 Å². The van der Waals surface area contributed by atoms with E-state index in [0.717, 1.165) is 11.3 Å². The lowest BCUT2D eigenvalue weighted by molar-refractivity contribution is -0.117. The molecule has 214 valence electrons. The maximum absolute atomic E-state index is 14.0. The summed E-state index contributed by atoms with van der Waals surface area (Å²) in [7, 11) is 0. The van der Waals surface area contributed by atoms with E-state index in [9.17, 15) is 19.5 Å². The molecular formula is C33H24N2O7S. The fourth-order valence-electron chi connectivity index (χ4n) is 4.82. The topological polar surface area (TPSA) is 119 Å². The Labute approximate surface area is 249 Å². The van der Waals surface area contributed by atoms with E-state index in [-0.39, 0.29) is 27.9 Å². The first-order valence-electron chi connectivity index (χ1n) is 13.2. The van der Waals surface area contributed by atoms with Crippen LogP contribution >= 0.6 is 11.3 Å². The summed E-state index contributed by atoms with van der Waals surface area (Å²) in [5, 5.41) is 12.0. The van der Waals surface area contributed by atoms with Gasteiger partial charge in [0.25, 0.3) is 5.91 Å². The Balaban J connectivity index is 1.45. The van der Waals surface area contributed by atoms with Gasteiger partial charge in [-0.05, 0) is 48.9 Å². The second-order valence-electron chi connectivity index (χ2n) is 9.60. The summed E-state index contributed by atoms with van der Waals surface area (Å²) >= 11 is 0.921. The molecule has 0 bridgehead atoms. The number of anilines is 1. The molecule has 1 unspecified atom stereocenters. The summed E-state index contributed by atoms with van der Waals surface area (Å²) in [6.45, 7) is 5.17. The van der Waals surface area contributed by atoms with Gasteiger partial charge in [0.15, 0.2) is 16.7 Å². The minimum Gasteiger partial charge on any atom is -0.503 e. The number of furan rings is 1. The zero-order valence-electron chi connectivity index (χ0n) is 22.9. The maximum atomic E-state index is 14.0. The van der Waals surface area contributed by atoms with Crippen molar-refractivity contribution in [2.45, 2.75) is 13.0 Å². The van der Waals surface area contributed by atoms with E-state index in [1.807, 2.05) is 24.3 Å².